The van der Waals surface area contributed by atoms with E-state index >= 15 is 0 Å². The fourth-order valence-electron chi connectivity index (χ4n) is 2.67. The van der Waals surface area contributed by atoms with Gasteiger partial charge in [-0.3, -0.25) is 4.79 Å². The molecular formula is C15H19N3O. The lowest BCUT2D eigenvalue weighted by molar-refractivity contribution is 0.0926. The molecule has 0 aliphatic carbocycles. The number of piperidine rings is 1. The zero-order valence-corrected chi connectivity index (χ0v) is 11.1. The average Bonchev–Trinajstić information content (AvgIpc) is 2.85. The maximum absolute atomic E-state index is 12.2. The molecule has 4 nitrogen and oxygen atoms in total. The average molecular weight is 257 g/mol. The van der Waals surface area contributed by atoms with Crippen LogP contribution in [0.2, 0.25) is 0 Å². The van der Waals surface area contributed by atoms with Crippen molar-refractivity contribution >= 4 is 16.8 Å². The van der Waals surface area contributed by atoms with Crippen LogP contribution in [0, 0.1) is 6.92 Å². The summed E-state index contributed by atoms with van der Waals surface area (Å²) in [7, 11) is 0. The molecule has 1 aromatic heterocycles. The van der Waals surface area contributed by atoms with Crippen molar-refractivity contribution in [3.8, 4) is 0 Å². The molecule has 1 saturated heterocycles. The minimum atomic E-state index is -0.00991. The zero-order valence-electron chi connectivity index (χ0n) is 11.1. The summed E-state index contributed by atoms with van der Waals surface area (Å²) in [6, 6.07) is 8.25. The van der Waals surface area contributed by atoms with Gasteiger partial charge in [0, 0.05) is 23.5 Å². The number of carbonyl (C=O) groups is 1. The molecule has 0 saturated carbocycles. The highest BCUT2D eigenvalue weighted by Gasteiger charge is 2.17. The number of benzene rings is 1. The topological polar surface area (TPSA) is 56.9 Å². The minimum absolute atomic E-state index is 0.00991. The Hall–Kier alpha value is -1.81. The Kier molecular flexibility index (Phi) is 3.25. The quantitative estimate of drug-likeness (QED) is 0.770. The third kappa shape index (κ3) is 2.49. The van der Waals surface area contributed by atoms with Crippen LogP contribution < -0.4 is 10.6 Å². The first-order chi connectivity index (χ1) is 9.24. The smallest absolute Gasteiger partial charge is 0.267 e. The van der Waals surface area contributed by atoms with E-state index in [0.717, 1.165) is 36.8 Å². The lowest BCUT2D eigenvalue weighted by atomic mass is 10.1. The zero-order chi connectivity index (χ0) is 13.2. The Balaban J connectivity index is 1.79. The van der Waals surface area contributed by atoms with Crippen LogP contribution in [0.5, 0.6) is 0 Å². The third-order valence-corrected chi connectivity index (χ3v) is 3.76. The molecule has 1 unspecified atom stereocenters. The van der Waals surface area contributed by atoms with Crippen molar-refractivity contribution < 1.29 is 4.79 Å². The van der Waals surface area contributed by atoms with Crippen LogP contribution in [0.1, 0.15) is 28.9 Å². The van der Waals surface area contributed by atoms with Crippen molar-refractivity contribution in [1.29, 1.82) is 0 Å². The van der Waals surface area contributed by atoms with Crippen LogP contribution in [-0.2, 0) is 0 Å². The Labute approximate surface area is 112 Å². The van der Waals surface area contributed by atoms with Crippen molar-refractivity contribution in [2.45, 2.75) is 25.8 Å². The number of H-pyrrole nitrogens is 1. The number of nitrogens with one attached hydrogen (secondary N) is 3. The van der Waals surface area contributed by atoms with Crippen molar-refractivity contribution in [3.05, 3.63) is 35.5 Å². The lowest BCUT2D eigenvalue weighted by Crippen LogP contribution is -2.45. The molecule has 2 heterocycles. The summed E-state index contributed by atoms with van der Waals surface area (Å²) in [5.74, 6) is -0.00991. The van der Waals surface area contributed by atoms with E-state index in [0.29, 0.717) is 5.69 Å². The maximum atomic E-state index is 12.2. The number of aryl methyl sites for hydroxylation is 1. The Morgan fingerprint density at radius 3 is 3.05 bits per heavy atom. The number of carbonyl (C=O) groups excluding carboxylic acids is 1. The number of aromatic nitrogens is 1. The third-order valence-electron chi connectivity index (χ3n) is 3.76. The number of hydrogen-bond acceptors (Lipinski definition) is 2. The van der Waals surface area contributed by atoms with Crippen LogP contribution in [-0.4, -0.2) is 30.0 Å². The molecule has 0 bridgehead atoms. The van der Waals surface area contributed by atoms with E-state index in [-0.39, 0.29) is 11.9 Å². The molecule has 1 fully saturated rings. The second-order valence-electron chi connectivity index (χ2n) is 5.24. The van der Waals surface area contributed by atoms with Gasteiger partial charge in [0.25, 0.3) is 5.91 Å². The minimum Gasteiger partial charge on any atom is -0.351 e. The first-order valence-corrected chi connectivity index (χ1v) is 6.84. The summed E-state index contributed by atoms with van der Waals surface area (Å²) in [5, 5.41) is 7.51. The summed E-state index contributed by atoms with van der Waals surface area (Å²) in [5.41, 5.74) is 2.86. The fourth-order valence-corrected chi connectivity index (χ4v) is 2.67. The van der Waals surface area contributed by atoms with E-state index in [1.165, 1.54) is 5.56 Å². The van der Waals surface area contributed by atoms with Gasteiger partial charge >= 0.3 is 0 Å². The van der Waals surface area contributed by atoms with Crippen LogP contribution in [0.4, 0.5) is 0 Å². The molecule has 100 valence electrons. The Morgan fingerprint density at radius 2 is 2.32 bits per heavy atom. The van der Waals surface area contributed by atoms with Gasteiger partial charge in [0.2, 0.25) is 0 Å². The predicted molar refractivity (Wildman–Crippen MR) is 76.4 cm³/mol. The van der Waals surface area contributed by atoms with E-state index in [2.05, 4.69) is 28.6 Å². The molecular weight excluding hydrogens is 238 g/mol. The van der Waals surface area contributed by atoms with Crippen LogP contribution in [0.15, 0.2) is 24.3 Å². The molecule has 4 heteroatoms. The van der Waals surface area contributed by atoms with Gasteiger partial charge in [-0.1, -0.05) is 12.1 Å². The molecule has 1 atom stereocenters. The molecule has 2 aromatic rings. The highest BCUT2D eigenvalue weighted by Crippen LogP contribution is 2.19. The molecule has 3 N–H and O–H groups in total. The molecule has 0 radical (unpaired) electrons. The first-order valence-electron chi connectivity index (χ1n) is 6.84. The Bertz CT molecular complexity index is 596. The normalized spacial score (nSPS) is 19.5. The number of rotatable bonds is 2. The van der Waals surface area contributed by atoms with E-state index in [4.69, 9.17) is 0 Å². The van der Waals surface area contributed by atoms with Gasteiger partial charge < -0.3 is 15.6 Å². The van der Waals surface area contributed by atoms with Gasteiger partial charge in [-0.2, -0.15) is 0 Å². The predicted octanol–water partition coefficient (Wildman–Crippen LogP) is 1.96. The van der Waals surface area contributed by atoms with E-state index in [9.17, 15) is 4.79 Å². The summed E-state index contributed by atoms with van der Waals surface area (Å²) >= 11 is 0. The lowest BCUT2D eigenvalue weighted by Gasteiger charge is -2.23. The van der Waals surface area contributed by atoms with Gasteiger partial charge in [-0.15, -0.1) is 0 Å². The summed E-state index contributed by atoms with van der Waals surface area (Å²) < 4.78 is 0. The summed E-state index contributed by atoms with van der Waals surface area (Å²) in [4.78, 5) is 15.4. The van der Waals surface area contributed by atoms with Gasteiger partial charge in [0.15, 0.2) is 0 Å². The molecule has 1 aliphatic rings. The number of amides is 1. The number of fused-ring (bicyclic) bond motifs is 1. The molecule has 1 amide bonds. The van der Waals surface area contributed by atoms with Crippen molar-refractivity contribution in [2.24, 2.45) is 0 Å². The first kappa shape index (κ1) is 12.2. The highest BCUT2D eigenvalue weighted by atomic mass is 16.1. The van der Waals surface area contributed by atoms with Gasteiger partial charge in [-0.05, 0) is 44.0 Å². The highest BCUT2D eigenvalue weighted by molar-refractivity contribution is 5.98. The Morgan fingerprint density at radius 1 is 1.42 bits per heavy atom. The second kappa shape index (κ2) is 5.05. The van der Waals surface area contributed by atoms with Gasteiger partial charge in [-0.25, -0.2) is 0 Å². The SMILES string of the molecule is Cc1cccc2[nH]c(C(=O)NC3CCCNC3)cc12. The van der Waals surface area contributed by atoms with E-state index < -0.39 is 0 Å². The van der Waals surface area contributed by atoms with Gasteiger partial charge in [0.05, 0.1) is 0 Å². The van der Waals surface area contributed by atoms with Crippen molar-refractivity contribution in [1.82, 2.24) is 15.6 Å². The van der Waals surface area contributed by atoms with Crippen LogP contribution in [0.3, 0.4) is 0 Å². The molecule has 19 heavy (non-hydrogen) atoms. The van der Waals surface area contributed by atoms with Crippen molar-refractivity contribution in [3.63, 3.8) is 0 Å². The number of aromatic amines is 1. The van der Waals surface area contributed by atoms with Crippen LogP contribution in [0.25, 0.3) is 10.9 Å². The van der Waals surface area contributed by atoms with E-state index in [1.807, 2.05) is 18.2 Å². The molecule has 0 spiro atoms. The van der Waals surface area contributed by atoms with Crippen molar-refractivity contribution in [2.75, 3.05) is 13.1 Å². The molecule has 3 rings (SSSR count). The van der Waals surface area contributed by atoms with E-state index in [1.54, 1.807) is 0 Å². The number of hydrogen-bond donors (Lipinski definition) is 3. The van der Waals surface area contributed by atoms with Crippen LogP contribution >= 0.6 is 0 Å². The van der Waals surface area contributed by atoms with Gasteiger partial charge in [0.1, 0.15) is 5.69 Å². The monoisotopic (exact) mass is 257 g/mol. The molecule has 1 aliphatic heterocycles. The summed E-state index contributed by atoms with van der Waals surface area (Å²) in [6.45, 7) is 3.98. The fraction of sp³-hybridized carbons (Fsp3) is 0.400. The second-order valence-corrected chi connectivity index (χ2v) is 5.24. The standard InChI is InChI=1S/C15H19N3O/c1-10-4-2-6-13-12(10)8-14(18-13)15(19)17-11-5-3-7-16-9-11/h2,4,6,8,11,16,18H,3,5,7,9H2,1H3,(H,17,19). The summed E-state index contributed by atoms with van der Waals surface area (Å²) in [6.07, 6.45) is 2.18. The molecule has 1 aromatic carbocycles. The largest absolute Gasteiger partial charge is 0.351 e. The maximum Gasteiger partial charge on any atom is 0.267 e.